The topological polar surface area (TPSA) is 61.8 Å². The third kappa shape index (κ3) is 41.1. The van der Waals surface area contributed by atoms with Crippen LogP contribution in [0.1, 0.15) is 239 Å². The van der Waals surface area contributed by atoms with E-state index in [1.165, 1.54) is 148 Å². The molecule has 0 saturated heterocycles. The van der Waals surface area contributed by atoms with Crippen LogP contribution in [0.4, 0.5) is 0 Å². The zero-order valence-corrected chi connectivity index (χ0v) is 35.1. The smallest absolute Gasteiger partial charge is 0.306 e. The molecule has 0 spiro atoms. The van der Waals surface area contributed by atoms with Crippen molar-refractivity contribution in [2.45, 2.75) is 245 Å². The molecule has 1 atom stereocenters. The van der Waals surface area contributed by atoms with Gasteiger partial charge < -0.3 is 14.2 Å². The summed E-state index contributed by atoms with van der Waals surface area (Å²) in [4.78, 5) is 25.2. The predicted octanol–water partition coefficient (Wildman–Crippen LogP) is 14.9. The van der Waals surface area contributed by atoms with Crippen molar-refractivity contribution < 1.29 is 23.8 Å². The minimum Gasteiger partial charge on any atom is -0.462 e. The Kier molecular flexibility index (Phi) is 42.4. The van der Waals surface area contributed by atoms with Gasteiger partial charge in [0.2, 0.25) is 0 Å². The lowest BCUT2D eigenvalue weighted by atomic mass is 10.0. The second-order valence-electron chi connectivity index (χ2n) is 15.3. The van der Waals surface area contributed by atoms with E-state index in [0.29, 0.717) is 19.4 Å². The molecule has 306 valence electrons. The van der Waals surface area contributed by atoms with Crippen molar-refractivity contribution in [3.8, 4) is 0 Å². The normalized spacial score (nSPS) is 12.3. The molecule has 0 radical (unpaired) electrons. The number of ether oxygens (including phenoxy) is 3. The molecule has 0 bridgehead atoms. The van der Waals surface area contributed by atoms with Gasteiger partial charge in [0.1, 0.15) is 6.61 Å². The van der Waals surface area contributed by atoms with E-state index in [2.05, 4.69) is 45.1 Å². The summed E-state index contributed by atoms with van der Waals surface area (Å²) in [5.41, 5.74) is 0. The van der Waals surface area contributed by atoms with Gasteiger partial charge >= 0.3 is 11.9 Å². The fraction of sp³-hybridized carbons (Fsp3) is 0.872. The lowest BCUT2D eigenvalue weighted by Gasteiger charge is -2.18. The number of rotatable bonds is 42. The maximum atomic E-state index is 12.7. The first kappa shape index (κ1) is 50.4. The van der Waals surface area contributed by atoms with Gasteiger partial charge in [0, 0.05) is 19.4 Å². The van der Waals surface area contributed by atoms with Crippen LogP contribution in [0, 0.1) is 0 Å². The molecule has 5 nitrogen and oxygen atoms in total. The summed E-state index contributed by atoms with van der Waals surface area (Å²) in [6, 6.07) is 0. The van der Waals surface area contributed by atoms with Gasteiger partial charge in [0.25, 0.3) is 0 Å². The summed E-state index contributed by atoms with van der Waals surface area (Å²) in [6.07, 6.45) is 48.9. The molecule has 0 aromatic rings. The van der Waals surface area contributed by atoms with Crippen LogP contribution in [0.25, 0.3) is 0 Å². The molecule has 52 heavy (non-hydrogen) atoms. The van der Waals surface area contributed by atoms with Crippen LogP contribution >= 0.6 is 0 Å². The van der Waals surface area contributed by atoms with Crippen LogP contribution in [0.5, 0.6) is 0 Å². The number of hydrogen-bond acceptors (Lipinski definition) is 5. The molecule has 5 heteroatoms. The summed E-state index contributed by atoms with van der Waals surface area (Å²) >= 11 is 0. The molecule has 1 unspecified atom stereocenters. The molecule has 0 heterocycles. The second kappa shape index (κ2) is 43.8. The first-order valence-corrected chi connectivity index (χ1v) is 22.9. The average molecular weight is 733 g/mol. The Morgan fingerprint density at radius 1 is 0.423 bits per heavy atom. The van der Waals surface area contributed by atoms with Crippen molar-refractivity contribution >= 4 is 11.9 Å². The van der Waals surface area contributed by atoms with E-state index in [-0.39, 0.29) is 25.2 Å². The van der Waals surface area contributed by atoms with Gasteiger partial charge in [-0.15, -0.1) is 0 Å². The Hall–Kier alpha value is -1.62. The summed E-state index contributed by atoms with van der Waals surface area (Å²) in [6.45, 7) is 7.78. The van der Waals surface area contributed by atoms with Crippen molar-refractivity contribution in [1.82, 2.24) is 0 Å². The van der Waals surface area contributed by atoms with E-state index in [0.717, 1.165) is 57.8 Å². The maximum absolute atomic E-state index is 12.7. The third-order valence-electron chi connectivity index (χ3n) is 9.99. The second-order valence-corrected chi connectivity index (χ2v) is 15.3. The highest BCUT2D eigenvalue weighted by Gasteiger charge is 2.17. The van der Waals surface area contributed by atoms with Gasteiger partial charge in [-0.3, -0.25) is 9.59 Å². The summed E-state index contributed by atoms with van der Waals surface area (Å²) in [5.74, 6) is -0.405. The number of carbonyl (C=O) groups is 2. The lowest BCUT2D eigenvalue weighted by molar-refractivity contribution is -0.163. The highest BCUT2D eigenvalue weighted by molar-refractivity contribution is 5.70. The molecule has 0 saturated carbocycles. The third-order valence-corrected chi connectivity index (χ3v) is 9.99. The molecule has 0 aliphatic heterocycles. The van der Waals surface area contributed by atoms with E-state index >= 15 is 0 Å². The largest absolute Gasteiger partial charge is 0.462 e. The first-order chi connectivity index (χ1) is 25.6. The van der Waals surface area contributed by atoms with Crippen LogP contribution in [0.3, 0.4) is 0 Å². The van der Waals surface area contributed by atoms with Crippen LogP contribution in [0.2, 0.25) is 0 Å². The van der Waals surface area contributed by atoms with Crippen molar-refractivity contribution in [3.05, 3.63) is 24.3 Å². The van der Waals surface area contributed by atoms with Gasteiger partial charge in [0.15, 0.2) is 6.10 Å². The van der Waals surface area contributed by atoms with Crippen LogP contribution in [-0.2, 0) is 23.8 Å². The average Bonchev–Trinajstić information content (AvgIpc) is 3.14. The number of allylic oxidation sites excluding steroid dienone is 4. The summed E-state index contributed by atoms with van der Waals surface area (Å²) in [7, 11) is 0. The molecule has 0 aliphatic carbocycles. The van der Waals surface area contributed by atoms with Gasteiger partial charge in [-0.1, -0.05) is 199 Å². The van der Waals surface area contributed by atoms with E-state index in [4.69, 9.17) is 14.2 Å². The van der Waals surface area contributed by atoms with Gasteiger partial charge in [0.05, 0.1) is 6.61 Å². The predicted molar refractivity (Wildman–Crippen MR) is 224 cm³/mol. The standard InChI is InChI=1S/C47H88O5/c1-4-7-10-13-16-18-20-22-24-26-28-30-32-34-37-40-46(48)51-44-45(43-50-42-39-36-15-12-9-6-3)52-47(49)41-38-35-33-31-29-27-25-23-21-19-17-14-11-8-5-2/h16,18,22,24,45H,4-15,17,19-21,23,25-44H2,1-3H3/b18-16-,24-22-. The molecule has 0 rings (SSSR count). The quantitative estimate of drug-likeness (QED) is 0.0355. The van der Waals surface area contributed by atoms with Gasteiger partial charge in [-0.2, -0.15) is 0 Å². The van der Waals surface area contributed by atoms with E-state index in [1.807, 2.05) is 0 Å². The van der Waals surface area contributed by atoms with E-state index in [1.54, 1.807) is 0 Å². The monoisotopic (exact) mass is 733 g/mol. The summed E-state index contributed by atoms with van der Waals surface area (Å²) < 4.78 is 17.2. The zero-order chi connectivity index (χ0) is 37.8. The van der Waals surface area contributed by atoms with E-state index < -0.39 is 6.10 Å². The number of hydrogen-bond donors (Lipinski definition) is 0. The van der Waals surface area contributed by atoms with Crippen molar-refractivity contribution in [1.29, 1.82) is 0 Å². The first-order valence-electron chi connectivity index (χ1n) is 22.9. The minimum atomic E-state index is -0.530. The Morgan fingerprint density at radius 2 is 0.808 bits per heavy atom. The Morgan fingerprint density at radius 3 is 1.31 bits per heavy atom. The molecule has 0 aromatic carbocycles. The molecule has 0 aromatic heterocycles. The molecule has 0 fully saturated rings. The molecular formula is C47H88O5. The Labute approximate surface area is 324 Å². The molecular weight excluding hydrogens is 645 g/mol. The fourth-order valence-corrected chi connectivity index (χ4v) is 6.54. The summed E-state index contributed by atoms with van der Waals surface area (Å²) in [5, 5.41) is 0. The van der Waals surface area contributed by atoms with Crippen LogP contribution in [-0.4, -0.2) is 37.9 Å². The number of unbranched alkanes of at least 4 members (excludes halogenated alkanes) is 27. The Bertz CT molecular complexity index is 791. The highest BCUT2D eigenvalue weighted by atomic mass is 16.6. The zero-order valence-electron chi connectivity index (χ0n) is 35.1. The van der Waals surface area contributed by atoms with Crippen molar-refractivity contribution in [2.75, 3.05) is 19.8 Å². The minimum absolute atomic E-state index is 0.0835. The molecule has 0 amide bonds. The van der Waals surface area contributed by atoms with Gasteiger partial charge in [-0.05, 0) is 51.4 Å². The molecule has 0 N–H and O–H groups in total. The van der Waals surface area contributed by atoms with Crippen LogP contribution < -0.4 is 0 Å². The number of esters is 2. The lowest BCUT2D eigenvalue weighted by Crippen LogP contribution is -2.30. The number of carbonyl (C=O) groups excluding carboxylic acids is 2. The fourth-order valence-electron chi connectivity index (χ4n) is 6.54. The SMILES string of the molecule is CCCCC/C=C\C/C=C\CCCCCCCC(=O)OCC(COCCCCCCCC)OC(=O)CCCCCCCCCCCCCCCCC. The van der Waals surface area contributed by atoms with Crippen LogP contribution in [0.15, 0.2) is 24.3 Å². The maximum Gasteiger partial charge on any atom is 0.306 e. The van der Waals surface area contributed by atoms with Crippen molar-refractivity contribution in [3.63, 3.8) is 0 Å². The van der Waals surface area contributed by atoms with E-state index in [9.17, 15) is 9.59 Å². The highest BCUT2D eigenvalue weighted by Crippen LogP contribution is 2.15. The molecule has 0 aliphatic rings. The van der Waals surface area contributed by atoms with Crippen molar-refractivity contribution in [2.24, 2.45) is 0 Å². The van der Waals surface area contributed by atoms with Gasteiger partial charge in [-0.25, -0.2) is 0 Å². The Balaban J connectivity index is 4.11.